The van der Waals surface area contributed by atoms with Crippen LogP contribution in [-0.4, -0.2) is 42.9 Å². The summed E-state index contributed by atoms with van der Waals surface area (Å²) in [4.78, 5) is 12.3. The van der Waals surface area contributed by atoms with Crippen molar-refractivity contribution in [3.63, 3.8) is 0 Å². The molecule has 1 saturated heterocycles. The van der Waals surface area contributed by atoms with Crippen LogP contribution in [0, 0.1) is 17.2 Å². The van der Waals surface area contributed by atoms with Gasteiger partial charge in [-0.25, -0.2) is 4.79 Å². The summed E-state index contributed by atoms with van der Waals surface area (Å²) in [6, 6.07) is 16.3. The summed E-state index contributed by atoms with van der Waals surface area (Å²) < 4.78 is 24.5. The first-order valence-corrected chi connectivity index (χ1v) is 12.9. The summed E-state index contributed by atoms with van der Waals surface area (Å²) in [7, 11) is 0. The molecular formula is C29H33N3O5. The van der Waals surface area contributed by atoms with Gasteiger partial charge in [0.1, 0.15) is 30.8 Å². The molecule has 2 heterocycles. The van der Waals surface area contributed by atoms with E-state index in [9.17, 15) is 10.1 Å². The van der Waals surface area contributed by atoms with Gasteiger partial charge in [0, 0.05) is 17.1 Å². The van der Waals surface area contributed by atoms with Gasteiger partial charge < -0.3 is 23.5 Å². The summed E-state index contributed by atoms with van der Waals surface area (Å²) >= 11 is 0. The van der Waals surface area contributed by atoms with Crippen LogP contribution in [0.3, 0.4) is 0 Å². The second-order valence-corrected chi connectivity index (χ2v) is 10.1. The number of aromatic nitrogens is 1. The van der Waals surface area contributed by atoms with E-state index >= 15 is 0 Å². The molecule has 1 aliphatic carbocycles. The predicted molar refractivity (Wildman–Crippen MR) is 141 cm³/mol. The molecule has 0 unspecified atom stereocenters. The first-order valence-electron chi connectivity index (χ1n) is 12.9. The zero-order chi connectivity index (χ0) is 25.9. The fourth-order valence-electron chi connectivity index (χ4n) is 4.68. The van der Waals surface area contributed by atoms with Gasteiger partial charge in [0.25, 0.3) is 0 Å². The van der Waals surface area contributed by atoms with Crippen molar-refractivity contribution in [2.45, 2.75) is 58.3 Å². The molecule has 8 nitrogen and oxygen atoms in total. The van der Waals surface area contributed by atoms with Gasteiger partial charge in [-0.1, -0.05) is 26.0 Å². The summed E-state index contributed by atoms with van der Waals surface area (Å²) in [5.74, 6) is 0.926. The molecule has 0 radical (unpaired) electrons. The number of ether oxygens (including phenoxy) is 4. The number of fused-ring (bicyclic) bond motifs is 1. The highest BCUT2D eigenvalue weighted by molar-refractivity contribution is 5.96. The number of hydrogen-bond donors (Lipinski definition) is 1. The van der Waals surface area contributed by atoms with Crippen LogP contribution >= 0.6 is 0 Å². The van der Waals surface area contributed by atoms with E-state index in [0.29, 0.717) is 36.3 Å². The molecule has 0 bridgehead atoms. The number of amides is 1. The highest BCUT2D eigenvalue weighted by Crippen LogP contribution is 2.43. The third kappa shape index (κ3) is 5.29. The molecule has 1 amide bonds. The van der Waals surface area contributed by atoms with Gasteiger partial charge in [0.15, 0.2) is 0 Å². The summed E-state index contributed by atoms with van der Waals surface area (Å²) in [6.07, 6.45) is 2.50. The molecule has 8 heteroatoms. The largest absolute Gasteiger partial charge is 0.486 e. The topological polar surface area (TPSA) is 94.7 Å². The molecule has 1 aliphatic heterocycles. The highest BCUT2D eigenvalue weighted by atomic mass is 16.7. The summed E-state index contributed by atoms with van der Waals surface area (Å²) in [5, 5.41) is 13.9. The Morgan fingerprint density at radius 3 is 2.46 bits per heavy atom. The van der Waals surface area contributed by atoms with E-state index in [0.717, 1.165) is 35.0 Å². The van der Waals surface area contributed by atoms with Crippen molar-refractivity contribution in [1.82, 2.24) is 4.57 Å². The Labute approximate surface area is 217 Å². The average molecular weight is 504 g/mol. The lowest BCUT2D eigenvalue weighted by molar-refractivity contribution is -0.143. The summed E-state index contributed by atoms with van der Waals surface area (Å²) in [6.45, 7) is 7.13. The molecule has 37 heavy (non-hydrogen) atoms. The van der Waals surface area contributed by atoms with E-state index in [1.54, 1.807) is 0 Å². The SMILES string of the molecule is CC(C)[C@@H](C)OC(=O)Nc1ccc(-c2c(C#N)c3cc(OC4COCOC4)ccc3n2C2CCC2)cc1. The fraction of sp³-hybridized carbons (Fsp3) is 0.448. The Morgan fingerprint density at radius 1 is 1.11 bits per heavy atom. The number of benzene rings is 2. The molecule has 3 aromatic rings. The van der Waals surface area contributed by atoms with E-state index in [1.807, 2.05) is 63.2 Å². The number of nitrogens with one attached hydrogen (secondary N) is 1. The normalized spacial score (nSPS) is 17.3. The molecule has 1 atom stereocenters. The van der Waals surface area contributed by atoms with Crippen molar-refractivity contribution in [3.05, 3.63) is 48.0 Å². The zero-order valence-corrected chi connectivity index (χ0v) is 21.5. The average Bonchev–Trinajstić information content (AvgIpc) is 3.17. The van der Waals surface area contributed by atoms with Crippen LogP contribution in [0.15, 0.2) is 42.5 Å². The van der Waals surface area contributed by atoms with Crippen LogP contribution in [-0.2, 0) is 14.2 Å². The van der Waals surface area contributed by atoms with Gasteiger partial charge in [0.05, 0.1) is 30.0 Å². The lowest BCUT2D eigenvalue weighted by Crippen LogP contribution is -2.33. The lowest BCUT2D eigenvalue weighted by Gasteiger charge is -2.30. The molecule has 1 N–H and O–H groups in total. The fourth-order valence-corrected chi connectivity index (χ4v) is 4.68. The minimum atomic E-state index is -0.475. The third-order valence-electron chi connectivity index (χ3n) is 7.24. The minimum absolute atomic E-state index is 0.178. The van der Waals surface area contributed by atoms with Crippen LogP contribution < -0.4 is 10.1 Å². The Morgan fingerprint density at radius 2 is 1.84 bits per heavy atom. The smallest absolute Gasteiger partial charge is 0.411 e. The van der Waals surface area contributed by atoms with Crippen molar-refractivity contribution in [1.29, 1.82) is 5.26 Å². The van der Waals surface area contributed by atoms with Gasteiger partial charge in [-0.05, 0) is 68.0 Å². The van der Waals surface area contributed by atoms with E-state index in [-0.39, 0.29) is 24.9 Å². The lowest BCUT2D eigenvalue weighted by atomic mass is 9.92. The van der Waals surface area contributed by atoms with Crippen LogP contribution in [0.4, 0.5) is 10.5 Å². The number of carbonyl (C=O) groups excluding carboxylic acids is 1. The third-order valence-corrected chi connectivity index (χ3v) is 7.24. The second-order valence-electron chi connectivity index (χ2n) is 10.1. The number of nitriles is 1. The first-order chi connectivity index (χ1) is 17.9. The Kier molecular flexibility index (Phi) is 7.36. The summed E-state index contributed by atoms with van der Waals surface area (Å²) in [5.41, 5.74) is 4.10. The molecule has 2 aliphatic rings. The number of hydrogen-bond acceptors (Lipinski definition) is 6. The predicted octanol–water partition coefficient (Wildman–Crippen LogP) is 6.25. The molecular weight excluding hydrogens is 470 g/mol. The van der Waals surface area contributed by atoms with Crippen LogP contribution in [0.5, 0.6) is 5.75 Å². The van der Waals surface area contributed by atoms with Gasteiger partial charge in [0.2, 0.25) is 0 Å². The molecule has 2 fully saturated rings. The van der Waals surface area contributed by atoms with Crippen molar-refractivity contribution < 1.29 is 23.7 Å². The quantitative estimate of drug-likeness (QED) is 0.410. The molecule has 0 spiro atoms. The van der Waals surface area contributed by atoms with Crippen LogP contribution in [0.2, 0.25) is 0 Å². The maximum Gasteiger partial charge on any atom is 0.411 e. The standard InChI is InChI=1S/C29H33N3O5/c1-18(2)19(3)36-29(33)31-21-9-7-20(8-10-21)28-26(14-30)25-13-23(37-24-15-34-17-35-16-24)11-12-27(25)32(28)22-5-4-6-22/h7-13,18-19,22,24H,4-6,15-17H2,1-3H3,(H,31,33)/t19-/m1/s1. The molecule has 1 aromatic heterocycles. The van der Waals surface area contributed by atoms with E-state index in [4.69, 9.17) is 18.9 Å². The molecule has 5 rings (SSSR count). The molecule has 2 aromatic carbocycles. The molecule has 194 valence electrons. The second kappa shape index (κ2) is 10.8. The van der Waals surface area contributed by atoms with Crippen molar-refractivity contribution >= 4 is 22.7 Å². The van der Waals surface area contributed by atoms with Gasteiger partial charge in [-0.3, -0.25) is 5.32 Å². The molecule has 1 saturated carbocycles. The van der Waals surface area contributed by atoms with Crippen LogP contribution in [0.25, 0.3) is 22.2 Å². The Hall–Kier alpha value is -3.54. The van der Waals surface area contributed by atoms with Gasteiger partial charge >= 0.3 is 6.09 Å². The number of rotatable bonds is 7. The monoisotopic (exact) mass is 503 g/mol. The van der Waals surface area contributed by atoms with Crippen molar-refractivity contribution in [2.24, 2.45) is 5.92 Å². The minimum Gasteiger partial charge on any atom is -0.486 e. The number of nitrogens with zero attached hydrogens (tertiary/aromatic N) is 2. The highest BCUT2D eigenvalue weighted by Gasteiger charge is 2.28. The van der Waals surface area contributed by atoms with Crippen molar-refractivity contribution in [2.75, 3.05) is 25.3 Å². The maximum absolute atomic E-state index is 12.3. The maximum atomic E-state index is 12.3. The van der Waals surface area contributed by atoms with Gasteiger partial charge in [-0.15, -0.1) is 0 Å². The van der Waals surface area contributed by atoms with Crippen LogP contribution in [0.1, 0.15) is 51.6 Å². The van der Waals surface area contributed by atoms with Gasteiger partial charge in [-0.2, -0.15) is 5.26 Å². The zero-order valence-electron chi connectivity index (χ0n) is 21.5. The van der Waals surface area contributed by atoms with E-state index in [2.05, 4.69) is 16.0 Å². The Bertz CT molecular complexity index is 1300. The van der Waals surface area contributed by atoms with E-state index < -0.39 is 6.09 Å². The number of anilines is 1. The first kappa shape index (κ1) is 25.1. The van der Waals surface area contributed by atoms with E-state index in [1.165, 1.54) is 6.42 Å². The Balaban J connectivity index is 1.46. The van der Waals surface area contributed by atoms with Crippen molar-refractivity contribution in [3.8, 4) is 23.1 Å². The number of carbonyl (C=O) groups is 1.